The molecule has 14 atom stereocenters. The van der Waals surface area contributed by atoms with Crippen LogP contribution in [0, 0.1) is 46.3 Å². The van der Waals surface area contributed by atoms with Gasteiger partial charge in [0.25, 0.3) is 0 Å². The average Bonchev–Trinajstić information content (AvgIpc) is 3.26. The SMILES string of the molecule is C[C@H]1CO[C@@]2(O[C@H]3C(=O)[C@H]4[C@@H]5CC=C6C[C@@H](O)C[C@@H](O)[C@]6(C)[C@H]5CC[C@]4(C)[C@H]3[C@@H]2CO)[C@@H](O)[C@@H]1O. The molecule has 0 aromatic carbocycles. The lowest BCUT2D eigenvalue weighted by atomic mass is 9.46. The molecular formula is C27H40O8. The van der Waals surface area contributed by atoms with Crippen molar-refractivity contribution in [2.75, 3.05) is 13.2 Å². The summed E-state index contributed by atoms with van der Waals surface area (Å²) in [7, 11) is 0. The predicted molar refractivity (Wildman–Crippen MR) is 124 cm³/mol. The first kappa shape index (κ1) is 24.5. The lowest BCUT2D eigenvalue weighted by molar-refractivity contribution is -0.338. The molecule has 35 heavy (non-hydrogen) atoms. The standard InChI is InChI=1S/C27H40O8/c1-12-11-34-27(24(33)21(12)31)17(10-28)20-23(35-27)22(32)19-15-5-4-13-8-14(29)9-18(30)26(13,3)16(15)6-7-25(19,20)2/h4,12,14-21,23-24,28-31,33H,5-11H2,1-3H3/t12-,14+,15+,16-,17-,18+,19+,20-,21+,23+,24-,25-,26-,27-/m0/s1. The summed E-state index contributed by atoms with van der Waals surface area (Å²) < 4.78 is 12.4. The summed E-state index contributed by atoms with van der Waals surface area (Å²) in [5.74, 6) is -2.91. The molecule has 196 valence electrons. The summed E-state index contributed by atoms with van der Waals surface area (Å²) in [5.41, 5.74) is 0.213. The number of hydrogen-bond donors (Lipinski definition) is 5. The number of allylic oxidation sites excluding steroid dienone is 1. The van der Waals surface area contributed by atoms with E-state index in [0.717, 1.165) is 24.8 Å². The van der Waals surface area contributed by atoms with E-state index in [1.165, 1.54) is 0 Å². The zero-order valence-electron chi connectivity index (χ0n) is 20.8. The van der Waals surface area contributed by atoms with Crippen LogP contribution in [0.15, 0.2) is 11.6 Å². The largest absolute Gasteiger partial charge is 0.396 e. The van der Waals surface area contributed by atoms with E-state index in [9.17, 15) is 30.3 Å². The number of ketones is 1. The van der Waals surface area contributed by atoms with Gasteiger partial charge in [0.1, 0.15) is 12.2 Å². The lowest BCUT2D eigenvalue weighted by Gasteiger charge is -2.59. The van der Waals surface area contributed by atoms with Crippen LogP contribution in [-0.4, -0.2) is 80.8 Å². The van der Waals surface area contributed by atoms with Gasteiger partial charge in [-0.05, 0) is 42.9 Å². The Morgan fingerprint density at radius 1 is 1.17 bits per heavy atom. The first-order valence-corrected chi connectivity index (χ1v) is 13.4. The maximum absolute atomic E-state index is 14.1. The topological polar surface area (TPSA) is 137 Å². The van der Waals surface area contributed by atoms with Crippen molar-refractivity contribution in [2.45, 2.75) is 89.2 Å². The van der Waals surface area contributed by atoms with Crippen molar-refractivity contribution < 1.29 is 39.8 Å². The molecule has 0 aromatic rings. The minimum Gasteiger partial charge on any atom is -0.396 e. The van der Waals surface area contributed by atoms with Crippen molar-refractivity contribution in [3.05, 3.63) is 11.6 Å². The normalized spacial score (nSPS) is 59.5. The molecule has 8 heteroatoms. The second kappa shape index (κ2) is 7.82. The number of Topliss-reactive ketones (excluding diaryl/α,β-unsaturated/α-hetero) is 1. The van der Waals surface area contributed by atoms with E-state index in [0.29, 0.717) is 12.8 Å². The van der Waals surface area contributed by atoms with Crippen LogP contribution in [0.3, 0.4) is 0 Å². The quantitative estimate of drug-likeness (QED) is 0.339. The van der Waals surface area contributed by atoms with Gasteiger partial charge in [-0.15, -0.1) is 0 Å². The van der Waals surface area contributed by atoms with Crippen LogP contribution in [0.4, 0.5) is 0 Å². The molecule has 1 spiro atoms. The molecule has 4 aliphatic carbocycles. The van der Waals surface area contributed by atoms with Crippen LogP contribution in [0.5, 0.6) is 0 Å². The van der Waals surface area contributed by atoms with Gasteiger partial charge < -0.3 is 35.0 Å². The van der Waals surface area contributed by atoms with Crippen molar-refractivity contribution in [3.8, 4) is 0 Å². The smallest absolute Gasteiger partial charge is 0.203 e. The van der Waals surface area contributed by atoms with Crippen LogP contribution in [-0.2, 0) is 14.3 Å². The van der Waals surface area contributed by atoms with Crippen molar-refractivity contribution in [1.29, 1.82) is 0 Å². The Morgan fingerprint density at radius 2 is 1.91 bits per heavy atom. The monoisotopic (exact) mass is 492 g/mol. The van der Waals surface area contributed by atoms with Crippen LogP contribution in [0.1, 0.15) is 52.9 Å². The third kappa shape index (κ3) is 2.90. The fourth-order valence-corrected chi connectivity index (χ4v) is 9.56. The van der Waals surface area contributed by atoms with Crippen LogP contribution >= 0.6 is 0 Å². The van der Waals surface area contributed by atoms with Crippen molar-refractivity contribution in [1.82, 2.24) is 0 Å². The van der Waals surface area contributed by atoms with Gasteiger partial charge in [-0.25, -0.2) is 0 Å². The van der Waals surface area contributed by atoms with E-state index < -0.39 is 53.1 Å². The number of carbonyl (C=O) groups excluding carboxylic acids is 1. The average molecular weight is 493 g/mol. The van der Waals surface area contributed by atoms with E-state index in [1.807, 2.05) is 0 Å². The van der Waals surface area contributed by atoms with Gasteiger partial charge in [0, 0.05) is 35.5 Å². The second-order valence-electron chi connectivity index (χ2n) is 12.9. The zero-order valence-corrected chi connectivity index (χ0v) is 20.8. The molecule has 8 nitrogen and oxygen atoms in total. The molecule has 0 radical (unpaired) electrons. The highest BCUT2D eigenvalue weighted by Gasteiger charge is 2.75. The Morgan fingerprint density at radius 3 is 2.63 bits per heavy atom. The van der Waals surface area contributed by atoms with Crippen LogP contribution < -0.4 is 0 Å². The molecule has 2 saturated heterocycles. The maximum Gasteiger partial charge on any atom is 0.203 e. The number of hydrogen-bond acceptors (Lipinski definition) is 8. The van der Waals surface area contributed by atoms with Gasteiger partial charge in [0.2, 0.25) is 5.79 Å². The number of carbonyl (C=O) groups is 1. The number of rotatable bonds is 1. The molecule has 2 aliphatic heterocycles. The summed E-state index contributed by atoms with van der Waals surface area (Å²) in [6.45, 7) is 5.90. The summed E-state index contributed by atoms with van der Waals surface area (Å²) in [6.07, 6.45) is 1.01. The van der Waals surface area contributed by atoms with E-state index in [2.05, 4.69) is 19.9 Å². The van der Waals surface area contributed by atoms with E-state index >= 15 is 0 Å². The van der Waals surface area contributed by atoms with Crippen molar-refractivity contribution in [3.63, 3.8) is 0 Å². The Hall–Kier alpha value is -0.870. The molecule has 0 bridgehead atoms. The zero-order chi connectivity index (χ0) is 25.1. The number of aliphatic hydroxyl groups is 5. The van der Waals surface area contributed by atoms with Crippen molar-refractivity contribution >= 4 is 5.78 Å². The lowest BCUT2D eigenvalue weighted by Crippen LogP contribution is -2.63. The molecule has 6 aliphatic rings. The molecule has 6 rings (SSSR count). The molecule has 5 N–H and O–H groups in total. The van der Waals surface area contributed by atoms with Gasteiger partial charge >= 0.3 is 0 Å². The number of aliphatic hydroxyl groups excluding tert-OH is 5. The Balaban J connectivity index is 1.37. The summed E-state index contributed by atoms with van der Waals surface area (Å²) in [5, 5.41) is 53.6. The Bertz CT molecular complexity index is 936. The molecular weight excluding hydrogens is 452 g/mol. The number of ether oxygens (including phenoxy) is 2. The van der Waals surface area contributed by atoms with Crippen LogP contribution in [0.25, 0.3) is 0 Å². The van der Waals surface area contributed by atoms with E-state index in [-0.39, 0.29) is 48.6 Å². The maximum atomic E-state index is 14.1. The third-order valence-electron chi connectivity index (χ3n) is 11.4. The highest BCUT2D eigenvalue weighted by atomic mass is 16.7. The fraction of sp³-hybridized carbons (Fsp3) is 0.889. The van der Waals surface area contributed by atoms with Gasteiger partial charge in [-0.2, -0.15) is 0 Å². The van der Waals surface area contributed by atoms with Gasteiger partial charge in [-0.3, -0.25) is 4.79 Å². The number of fused-ring (bicyclic) bond motifs is 7. The van der Waals surface area contributed by atoms with Gasteiger partial charge in [-0.1, -0.05) is 32.4 Å². The minimum atomic E-state index is -1.59. The predicted octanol–water partition coefficient (Wildman–Crippen LogP) is 0.778. The molecule has 0 unspecified atom stereocenters. The van der Waals surface area contributed by atoms with Crippen molar-refractivity contribution in [2.24, 2.45) is 46.3 Å². The minimum absolute atomic E-state index is 0.00257. The summed E-state index contributed by atoms with van der Waals surface area (Å²) in [4.78, 5) is 14.1. The first-order valence-electron chi connectivity index (χ1n) is 13.4. The molecule has 2 heterocycles. The Kier molecular flexibility index (Phi) is 5.47. The summed E-state index contributed by atoms with van der Waals surface area (Å²) >= 11 is 0. The second-order valence-corrected chi connectivity index (χ2v) is 12.9. The molecule has 3 saturated carbocycles. The van der Waals surface area contributed by atoms with Gasteiger partial charge in [0.15, 0.2) is 5.78 Å². The fourth-order valence-electron chi connectivity index (χ4n) is 9.56. The molecule has 5 fully saturated rings. The highest BCUT2D eigenvalue weighted by molar-refractivity contribution is 5.90. The first-order chi connectivity index (χ1) is 16.5. The summed E-state index contributed by atoms with van der Waals surface area (Å²) in [6, 6.07) is 0. The highest BCUT2D eigenvalue weighted by Crippen LogP contribution is 2.69. The third-order valence-corrected chi connectivity index (χ3v) is 11.4. The Labute approximate surface area is 206 Å². The molecule has 0 aromatic heterocycles. The van der Waals surface area contributed by atoms with E-state index in [4.69, 9.17) is 9.47 Å². The van der Waals surface area contributed by atoms with Crippen LogP contribution in [0.2, 0.25) is 0 Å². The van der Waals surface area contributed by atoms with E-state index in [1.54, 1.807) is 6.92 Å². The molecule has 0 amide bonds. The van der Waals surface area contributed by atoms with Gasteiger partial charge in [0.05, 0.1) is 31.5 Å².